The summed E-state index contributed by atoms with van der Waals surface area (Å²) in [6.07, 6.45) is 2.18. The van der Waals surface area contributed by atoms with Crippen LogP contribution in [0.3, 0.4) is 0 Å². The first-order chi connectivity index (χ1) is 10.1. The molecule has 0 unspecified atom stereocenters. The molecule has 1 fully saturated rings. The molecular weight excluding hydrogens is 264 g/mol. The molecule has 1 saturated carbocycles. The van der Waals surface area contributed by atoms with E-state index in [9.17, 15) is 9.59 Å². The molecule has 1 aromatic carbocycles. The molecular formula is C17H17N2O2+. The van der Waals surface area contributed by atoms with Crippen LogP contribution >= 0.6 is 0 Å². The number of aromatic nitrogens is 2. The molecule has 4 nitrogen and oxygen atoms in total. The third-order valence-corrected chi connectivity index (χ3v) is 4.55. The molecule has 0 radical (unpaired) electrons. The molecule has 2 aliphatic rings. The summed E-state index contributed by atoms with van der Waals surface area (Å²) in [5, 5.41) is 0. The molecule has 4 heteroatoms. The number of fused-ring (bicyclic) bond motifs is 2. The minimum atomic E-state index is -0.0236. The van der Waals surface area contributed by atoms with Gasteiger partial charge < -0.3 is 0 Å². The largest absolute Gasteiger partial charge is 0.284 e. The van der Waals surface area contributed by atoms with E-state index >= 15 is 0 Å². The summed E-state index contributed by atoms with van der Waals surface area (Å²) in [5.41, 5.74) is 2.24. The fourth-order valence-electron chi connectivity index (χ4n) is 3.44. The van der Waals surface area contributed by atoms with Crippen LogP contribution in [0.4, 0.5) is 0 Å². The molecule has 0 N–H and O–H groups in total. The number of nitrogens with zero attached hydrogens (tertiary/aromatic N) is 2. The summed E-state index contributed by atoms with van der Waals surface area (Å²) in [6, 6.07) is 7.53. The Labute approximate surface area is 123 Å². The Morgan fingerprint density at radius 3 is 2.33 bits per heavy atom. The van der Waals surface area contributed by atoms with E-state index in [1.54, 1.807) is 12.1 Å². The van der Waals surface area contributed by atoms with Gasteiger partial charge in [0.2, 0.25) is 23.0 Å². The van der Waals surface area contributed by atoms with Gasteiger partial charge in [0.15, 0.2) is 0 Å². The van der Waals surface area contributed by atoms with E-state index in [2.05, 4.69) is 4.57 Å². The molecule has 2 aromatic rings. The lowest BCUT2D eigenvalue weighted by Crippen LogP contribution is -2.42. The van der Waals surface area contributed by atoms with Crippen LogP contribution in [0, 0.1) is 6.92 Å². The third kappa shape index (κ3) is 1.53. The van der Waals surface area contributed by atoms with Crippen LogP contribution in [0.1, 0.15) is 63.7 Å². The first kappa shape index (κ1) is 12.5. The predicted octanol–water partition coefficient (Wildman–Crippen LogP) is 2.21. The number of ketones is 2. The van der Waals surface area contributed by atoms with Gasteiger partial charge in [-0.25, -0.2) is 9.13 Å². The van der Waals surface area contributed by atoms with Gasteiger partial charge in [-0.05, 0) is 19.8 Å². The zero-order valence-electron chi connectivity index (χ0n) is 12.2. The summed E-state index contributed by atoms with van der Waals surface area (Å²) >= 11 is 0. The van der Waals surface area contributed by atoms with Gasteiger partial charge in [0.25, 0.3) is 5.82 Å². The maximum atomic E-state index is 12.9. The molecule has 2 aliphatic carbocycles. The highest BCUT2D eigenvalue weighted by molar-refractivity contribution is 6.26. The first-order valence-corrected chi connectivity index (χ1v) is 7.48. The topological polar surface area (TPSA) is 43.0 Å². The highest BCUT2D eigenvalue weighted by Crippen LogP contribution is 2.39. The molecule has 0 saturated heterocycles. The second-order valence-corrected chi connectivity index (χ2v) is 5.79. The molecule has 0 spiro atoms. The first-order valence-electron chi connectivity index (χ1n) is 7.48. The Morgan fingerprint density at radius 2 is 1.76 bits per heavy atom. The van der Waals surface area contributed by atoms with Crippen LogP contribution in [-0.2, 0) is 6.54 Å². The zero-order valence-corrected chi connectivity index (χ0v) is 12.2. The van der Waals surface area contributed by atoms with Crippen LogP contribution < -0.4 is 4.57 Å². The fourth-order valence-corrected chi connectivity index (χ4v) is 3.44. The minimum absolute atomic E-state index is 0.0117. The van der Waals surface area contributed by atoms with Crippen molar-refractivity contribution in [1.29, 1.82) is 0 Å². The number of carbonyl (C=O) groups is 2. The van der Waals surface area contributed by atoms with Crippen LogP contribution in [0.25, 0.3) is 0 Å². The highest BCUT2D eigenvalue weighted by atomic mass is 16.1. The average molecular weight is 281 g/mol. The van der Waals surface area contributed by atoms with Gasteiger partial charge in [0, 0.05) is 18.1 Å². The maximum Gasteiger partial charge on any atom is 0.254 e. The van der Waals surface area contributed by atoms with Gasteiger partial charge in [0.1, 0.15) is 6.04 Å². The van der Waals surface area contributed by atoms with Crippen LogP contribution in [-0.4, -0.2) is 16.1 Å². The Bertz CT molecular complexity index is 797. The molecule has 1 aromatic heterocycles. The van der Waals surface area contributed by atoms with Crippen molar-refractivity contribution in [2.45, 2.75) is 39.3 Å². The predicted molar refractivity (Wildman–Crippen MR) is 76.6 cm³/mol. The van der Waals surface area contributed by atoms with Crippen molar-refractivity contribution in [3.05, 3.63) is 52.6 Å². The Kier molecular flexibility index (Phi) is 2.46. The summed E-state index contributed by atoms with van der Waals surface area (Å²) in [5.74, 6) is 0.978. The number of hydrogen-bond acceptors (Lipinski definition) is 2. The SMILES string of the molecule is CC[n+]1c2c(n(C3CC3)c1C)C(=O)c1ccccc1C2=O. The van der Waals surface area contributed by atoms with Crippen LogP contribution in [0.5, 0.6) is 0 Å². The lowest BCUT2D eigenvalue weighted by molar-refractivity contribution is -0.700. The van der Waals surface area contributed by atoms with Crippen molar-refractivity contribution in [3.63, 3.8) is 0 Å². The average Bonchev–Trinajstić information content (AvgIpc) is 3.28. The number of carbonyl (C=O) groups excluding carboxylic acids is 2. The quantitative estimate of drug-likeness (QED) is 0.676. The van der Waals surface area contributed by atoms with Crippen molar-refractivity contribution in [2.24, 2.45) is 0 Å². The van der Waals surface area contributed by atoms with E-state index in [1.807, 2.05) is 30.5 Å². The van der Waals surface area contributed by atoms with Crippen molar-refractivity contribution in [3.8, 4) is 0 Å². The number of rotatable bonds is 2. The monoisotopic (exact) mass is 281 g/mol. The summed E-state index contributed by atoms with van der Waals surface area (Å²) in [7, 11) is 0. The van der Waals surface area contributed by atoms with Crippen LogP contribution in [0.15, 0.2) is 24.3 Å². The molecule has 0 amide bonds. The summed E-state index contributed by atoms with van der Waals surface area (Å²) in [6.45, 7) is 4.73. The van der Waals surface area contributed by atoms with E-state index in [1.165, 1.54) is 0 Å². The minimum Gasteiger partial charge on any atom is -0.284 e. The molecule has 4 rings (SSSR count). The van der Waals surface area contributed by atoms with Gasteiger partial charge in [-0.1, -0.05) is 24.3 Å². The van der Waals surface area contributed by atoms with Gasteiger partial charge in [-0.3, -0.25) is 9.59 Å². The second-order valence-electron chi connectivity index (χ2n) is 5.79. The lowest BCUT2D eigenvalue weighted by atomic mass is 9.90. The number of benzene rings is 1. The van der Waals surface area contributed by atoms with E-state index in [-0.39, 0.29) is 11.6 Å². The molecule has 21 heavy (non-hydrogen) atoms. The standard InChI is InChI=1S/C17H17N2O2/c1-3-18-10(2)19(11-8-9-11)15-14(18)16(20)12-6-4-5-7-13(12)17(15)21/h4-7,11H,3,8-9H2,1-2H3/q+1. The molecule has 0 atom stereocenters. The molecule has 0 aliphatic heterocycles. The van der Waals surface area contributed by atoms with E-state index < -0.39 is 0 Å². The normalized spacial score (nSPS) is 16.9. The molecule has 106 valence electrons. The van der Waals surface area contributed by atoms with Crippen molar-refractivity contribution in [2.75, 3.05) is 0 Å². The van der Waals surface area contributed by atoms with Crippen molar-refractivity contribution in [1.82, 2.24) is 4.57 Å². The smallest absolute Gasteiger partial charge is 0.254 e. The lowest BCUT2D eigenvalue weighted by Gasteiger charge is -2.12. The van der Waals surface area contributed by atoms with Gasteiger partial charge in [-0.2, -0.15) is 0 Å². The van der Waals surface area contributed by atoms with Gasteiger partial charge in [-0.15, -0.1) is 0 Å². The van der Waals surface area contributed by atoms with Crippen molar-refractivity contribution < 1.29 is 14.2 Å². The van der Waals surface area contributed by atoms with Gasteiger partial charge in [0.05, 0.1) is 6.54 Å². The zero-order chi connectivity index (χ0) is 14.7. The van der Waals surface area contributed by atoms with Crippen molar-refractivity contribution >= 4 is 11.6 Å². The summed E-state index contributed by atoms with van der Waals surface area (Å²) in [4.78, 5) is 25.8. The van der Waals surface area contributed by atoms with Crippen LogP contribution in [0.2, 0.25) is 0 Å². The number of hydrogen-bond donors (Lipinski definition) is 0. The fraction of sp³-hybridized carbons (Fsp3) is 0.353. The Hall–Kier alpha value is -2.23. The van der Waals surface area contributed by atoms with E-state index in [0.717, 1.165) is 18.7 Å². The highest BCUT2D eigenvalue weighted by Gasteiger charge is 2.46. The number of imidazole rings is 1. The molecule has 1 heterocycles. The third-order valence-electron chi connectivity index (χ3n) is 4.55. The second kappa shape index (κ2) is 4.13. The van der Waals surface area contributed by atoms with E-state index in [0.29, 0.717) is 35.1 Å². The Morgan fingerprint density at radius 1 is 1.14 bits per heavy atom. The van der Waals surface area contributed by atoms with E-state index in [4.69, 9.17) is 0 Å². The maximum absolute atomic E-state index is 12.9. The Balaban J connectivity index is 2.06. The van der Waals surface area contributed by atoms with Gasteiger partial charge >= 0.3 is 0 Å². The molecule has 0 bridgehead atoms. The summed E-state index contributed by atoms with van der Waals surface area (Å²) < 4.78 is 4.08.